The van der Waals surface area contributed by atoms with Gasteiger partial charge >= 0.3 is 5.97 Å². The Morgan fingerprint density at radius 2 is 1.43 bits per heavy atom. The zero-order chi connectivity index (χ0) is 31.9. The summed E-state index contributed by atoms with van der Waals surface area (Å²) in [5.41, 5.74) is 2.72. The third-order valence-corrected chi connectivity index (χ3v) is 8.84. The Labute approximate surface area is 270 Å². The molecule has 0 saturated carbocycles. The molecule has 4 aromatic rings. The minimum Gasteiger partial charge on any atom is -0.489 e. The van der Waals surface area contributed by atoms with Gasteiger partial charge in [0, 0.05) is 11.3 Å². The molecule has 1 N–H and O–H groups in total. The quantitative estimate of drug-likeness (QED) is 0.182. The second kappa shape index (κ2) is 14.1. The fraction of sp³-hybridized carbons (Fsp3) is 0.167. The average molecular weight is 632 g/mol. The molecule has 230 valence electrons. The summed E-state index contributed by atoms with van der Waals surface area (Å²) in [5.74, 6) is -0.132. The van der Waals surface area contributed by atoms with Crippen LogP contribution >= 0.6 is 11.8 Å². The molecule has 0 aromatic heterocycles. The molecule has 0 radical (unpaired) electrons. The van der Waals surface area contributed by atoms with E-state index in [1.807, 2.05) is 66.7 Å². The largest absolute Gasteiger partial charge is 0.489 e. The maximum atomic E-state index is 14.1. The van der Waals surface area contributed by atoms with Gasteiger partial charge in [-0.2, -0.15) is 5.26 Å². The van der Waals surface area contributed by atoms with Crippen LogP contribution in [0.3, 0.4) is 0 Å². The highest BCUT2D eigenvalue weighted by atomic mass is 32.2. The van der Waals surface area contributed by atoms with Crippen molar-refractivity contribution in [3.63, 3.8) is 0 Å². The number of thioether (sulfide) groups is 1. The highest BCUT2D eigenvalue weighted by Crippen LogP contribution is 2.41. The number of fused-ring (bicyclic) bond motifs is 1. The number of amides is 2. The van der Waals surface area contributed by atoms with E-state index in [2.05, 4.69) is 11.4 Å². The predicted octanol–water partition coefficient (Wildman–Crippen LogP) is 5.00. The van der Waals surface area contributed by atoms with Gasteiger partial charge in [0.05, 0.1) is 11.6 Å². The summed E-state index contributed by atoms with van der Waals surface area (Å²) in [5, 5.41) is 11.4. The maximum Gasteiger partial charge on any atom is 0.356 e. The van der Waals surface area contributed by atoms with Gasteiger partial charge in [-0.25, -0.2) is 4.79 Å². The number of hydrogen-bond donors (Lipinski definition) is 1. The van der Waals surface area contributed by atoms with E-state index in [-0.39, 0.29) is 18.9 Å². The van der Waals surface area contributed by atoms with Crippen LogP contribution in [-0.4, -0.2) is 53.1 Å². The molecule has 4 aromatic carbocycles. The van der Waals surface area contributed by atoms with Crippen LogP contribution in [0.2, 0.25) is 0 Å². The maximum absolute atomic E-state index is 14.1. The molecule has 1 saturated heterocycles. The van der Waals surface area contributed by atoms with Crippen molar-refractivity contribution in [2.75, 3.05) is 19.0 Å². The number of carbonyl (C=O) groups is 3. The predicted molar refractivity (Wildman–Crippen MR) is 171 cm³/mol. The Morgan fingerprint density at radius 3 is 2.04 bits per heavy atom. The van der Waals surface area contributed by atoms with Crippen molar-refractivity contribution in [3.8, 4) is 17.6 Å². The highest BCUT2D eigenvalue weighted by Gasteiger charge is 2.54. The normalized spacial score (nSPS) is 17.0. The van der Waals surface area contributed by atoms with Crippen LogP contribution in [0.25, 0.3) is 0 Å². The molecular formula is C36H29N3O6S. The molecule has 0 spiro atoms. The molecule has 9 nitrogen and oxygen atoms in total. The van der Waals surface area contributed by atoms with Gasteiger partial charge in [0.25, 0.3) is 11.8 Å². The number of nitrogens with one attached hydrogen (secondary N) is 1. The van der Waals surface area contributed by atoms with E-state index in [9.17, 15) is 14.4 Å². The summed E-state index contributed by atoms with van der Waals surface area (Å²) in [6.45, 7) is -0.238. The van der Waals surface area contributed by atoms with E-state index in [1.54, 1.807) is 48.5 Å². The molecule has 2 aliphatic heterocycles. The van der Waals surface area contributed by atoms with E-state index < -0.39 is 35.3 Å². The molecule has 1 unspecified atom stereocenters. The van der Waals surface area contributed by atoms with Gasteiger partial charge in [0.1, 0.15) is 35.2 Å². The first-order valence-electron chi connectivity index (χ1n) is 14.6. The molecule has 2 amide bonds. The summed E-state index contributed by atoms with van der Waals surface area (Å²) in [7, 11) is 0. The van der Waals surface area contributed by atoms with Crippen molar-refractivity contribution in [2.24, 2.45) is 0 Å². The Balaban J connectivity index is 1.24. The lowest BCUT2D eigenvalue weighted by Gasteiger charge is -2.49. The van der Waals surface area contributed by atoms with Crippen molar-refractivity contribution < 1.29 is 28.6 Å². The molecule has 2 heterocycles. The molecule has 2 aliphatic rings. The van der Waals surface area contributed by atoms with Gasteiger partial charge in [0.2, 0.25) is 0 Å². The molecular weight excluding hydrogens is 602 g/mol. The van der Waals surface area contributed by atoms with Crippen molar-refractivity contribution in [2.45, 2.75) is 17.5 Å². The summed E-state index contributed by atoms with van der Waals surface area (Å²) >= 11 is 1.42. The SMILES string of the molecule is N#Cc1ccc(OCC2=C(C(=O)OC(c3ccccc3)c3ccccc3)N3C(=O)C(NC(=O)COc4ccccc4)[C@H]3SC2)cc1. The number of para-hydroxylation sites is 1. The second-order valence-electron chi connectivity index (χ2n) is 10.5. The number of esters is 1. The molecule has 1 fully saturated rings. The Bertz CT molecular complexity index is 1740. The topological polar surface area (TPSA) is 118 Å². The first-order valence-corrected chi connectivity index (χ1v) is 15.6. The zero-order valence-electron chi connectivity index (χ0n) is 24.6. The monoisotopic (exact) mass is 631 g/mol. The first-order chi connectivity index (χ1) is 22.5. The van der Waals surface area contributed by atoms with Gasteiger partial charge < -0.3 is 19.5 Å². The Morgan fingerprint density at radius 1 is 0.848 bits per heavy atom. The third-order valence-electron chi connectivity index (χ3n) is 7.50. The average Bonchev–Trinajstić information content (AvgIpc) is 3.12. The summed E-state index contributed by atoms with van der Waals surface area (Å²) in [4.78, 5) is 41.8. The minimum atomic E-state index is -0.834. The van der Waals surface area contributed by atoms with Crippen molar-refractivity contribution in [1.29, 1.82) is 5.26 Å². The van der Waals surface area contributed by atoms with E-state index in [4.69, 9.17) is 19.5 Å². The lowest BCUT2D eigenvalue weighted by molar-refractivity contribution is -0.155. The number of rotatable bonds is 11. The Kier molecular flexibility index (Phi) is 9.32. The van der Waals surface area contributed by atoms with Crippen LogP contribution in [0, 0.1) is 11.3 Å². The summed E-state index contributed by atoms with van der Waals surface area (Å²) in [6, 6.07) is 35.6. The molecule has 0 bridgehead atoms. The fourth-order valence-corrected chi connectivity index (χ4v) is 6.53. The number of benzene rings is 4. The number of β-lactam (4-membered cyclic amide) rings is 1. The number of nitriles is 1. The molecule has 46 heavy (non-hydrogen) atoms. The molecule has 10 heteroatoms. The first kappa shape index (κ1) is 30.5. The number of nitrogens with zero attached hydrogens (tertiary/aromatic N) is 2. The number of ether oxygens (including phenoxy) is 3. The molecule has 2 atom stereocenters. The van der Waals surface area contributed by atoms with Crippen molar-refractivity contribution in [3.05, 3.63) is 143 Å². The second-order valence-corrected chi connectivity index (χ2v) is 11.6. The van der Waals surface area contributed by atoms with Crippen LogP contribution in [0.5, 0.6) is 11.5 Å². The van der Waals surface area contributed by atoms with E-state index in [0.29, 0.717) is 28.4 Å². The zero-order valence-corrected chi connectivity index (χ0v) is 25.4. The van der Waals surface area contributed by atoms with Crippen LogP contribution in [0.15, 0.2) is 127 Å². The van der Waals surface area contributed by atoms with Gasteiger partial charge in [-0.15, -0.1) is 11.8 Å². The van der Waals surface area contributed by atoms with Crippen molar-refractivity contribution in [1.82, 2.24) is 10.2 Å². The molecule has 6 rings (SSSR count). The van der Waals surface area contributed by atoms with Crippen LogP contribution in [-0.2, 0) is 19.1 Å². The Hall–Kier alpha value is -5.53. The van der Waals surface area contributed by atoms with E-state index in [0.717, 1.165) is 11.1 Å². The number of carbonyl (C=O) groups excluding carboxylic acids is 3. The third kappa shape index (κ3) is 6.75. The van der Waals surface area contributed by atoms with Gasteiger partial charge in [-0.1, -0.05) is 78.9 Å². The van der Waals surface area contributed by atoms with Crippen LogP contribution in [0.1, 0.15) is 22.8 Å². The minimum absolute atomic E-state index is 0.0170. The molecule has 0 aliphatic carbocycles. The van der Waals surface area contributed by atoms with Crippen LogP contribution < -0.4 is 14.8 Å². The fourth-order valence-electron chi connectivity index (χ4n) is 5.21. The smallest absolute Gasteiger partial charge is 0.356 e. The summed E-state index contributed by atoms with van der Waals surface area (Å²) in [6.07, 6.45) is -0.724. The van der Waals surface area contributed by atoms with E-state index in [1.165, 1.54) is 16.7 Å². The lowest BCUT2D eigenvalue weighted by Crippen LogP contribution is -2.71. The number of hydrogen-bond acceptors (Lipinski definition) is 8. The lowest BCUT2D eigenvalue weighted by atomic mass is 10.0. The highest BCUT2D eigenvalue weighted by molar-refractivity contribution is 8.00. The summed E-state index contributed by atoms with van der Waals surface area (Å²) < 4.78 is 17.7. The van der Waals surface area contributed by atoms with E-state index >= 15 is 0 Å². The standard InChI is InChI=1S/C36H29N3O6S/c37-20-24-16-18-29(19-17-24)43-21-27-23-46-35-31(38-30(40)22-44-28-14-8-3-9-15-28)34(41)39(35)32(27)36(42)45-33(25-10-4-1-5-11-25)26-12-6-2-7-13-26/h1-19,31,33,35H,21-23H2,(H,38,40)/t31?,35-/m1/s1. The van der Waals surface area contributed by atoms with Crippen molar-refractivity contribution >= 4 is 29.5 Å². The van der Waals surface area contributed by atoms with Crippen LogP contribution in [0.4, 0.5) is 0 Å². The van der Waals surface area contributed by atoms with Gasteiger partial charge in [-0.05, 0) is 47.5 Å². The van der Waals surface area contributed by atoms with Gasteiger partial charge in [0.15, 0.2) is 12.7 Å². The van der Waals surface area contributed by atoms with Gasteiger partial charge in [-0.3, -0.25) is 14.5 Å².